The third kappa shape index (κ3) is 8.04. The number of carbonyl (C=O) groups is 1. The normalized spacial score (nSPS) is 16.1. The van der Waals surface area contributed by atoms with Crippen molar-refractivity contribution in [3.05, 3.63) is 36.4 Å². The van der Waals surface area contributed by atoms with Gasteiger partial charge in [0.15, 0.2) is 15.9 Å². The number of ether oxygens (including phenoxy) is 2. The maximum Gasteiger partial charge on any atom is 1.00 e. The van der Waals surface area contributed by atoms with Gasteiger partial charge in [-0.1, -0.05) is 0 Å². The molecular weight excluding hydrogens is 607 g/mol. The number of hydrazone groups is 1. The molecule has 0 saturated carbocycles. The first-order valence-corrected chi connectivity index (χ1v) is 15.0. The molecule has 0 fully saturated rings. The minimum absolute atomic E-state index is 0. The molecule has 1 N–H and O–H groups in total. The van der Waals surface area contributed by atoms with Gasteiger partial charge in [-0.15, -0.1) is 0 Å². The van der Waals surface area contributed by atoms with Crippen LogP contribution >= 0.6 is 0 Å². The predicted molar refractivity (Wildman–Crippen MR) is 132 cm³/mol. The second-order valence-electron chi connectivity index (χ2n) is 7.70. The van der Waals surface area contributed by atoms with Crippen LogP contribution in [0.4, 0.5) is 11.4 Å². The Balaban J connectivity index is 0.00000560. The SMILES string of the molecule is COc1cc(S(=O)(=O)CCOS(=O)(=O)O)c(OC)cc1N=NC1C(=O)N(c2ccc(S(=O)(=O)[O-])cc2)N=C1C.[Na+]. The van der Waals surface area contributed by atoms with Crippen molar-refractivity contribution in [3.63, 3.8) is 0 Å². The Morgan fingerprint density at radius 1 is 1.02 bits per heavy atom. The Kier molecular flexibility index (Phi) is 11.0. The van der Waals surface area contributed by atoms with E-state index < -0.39 is 59.6 Å². The van der Waals surface area contributed by atoms with E-state index in [0.29, 0.717) is 0 Å². The van der Waals surface area contributed by atoms with E-state index >= 15 is 0 Å². The van der Waals surface area contributed by atoms with E-state index in [2.05, 4.69) is 19.5 Å². The Bertz CT molecular complexity index is 1660. The van der Waals surface area contributed by atoms with Crippen LogP contribution in [0.2, 0.25) is 0 Å². The molecule has 0 aliphatic carbocycles. The van der Waals surface area contributed by atoms with E-state index in [1.807, 2.05) is 0 Å². The van der Waals surface area contributed by atoms with Gasteiger partial charge in [0.05, 0.1) is 42.9 Å². The minimum atomic E-state index is -4.84. The number of carbonyl (C=O) groups excluding carboxylic acids is 1. The zero-order valence-electron chi connectivity index (χ0n) is 21.4. The van der Waals surface area contributed by atoms with Gasteiger partial charge in [-0.2, -0.15) is 28.8 Å². The molecule has 16 nitrogen and oxygen atoms in total. The fourth-order valence-corrected chi connectivity index (χ4v) is 5.41. The maximum atomic E-state index is 12.9. The number of azo groups is 1. The van der Waals surface area contributed by atoms with Crippen molar-refractivity contribution in [1.29, 1.82) is 0 Å². The molecule has 1 heterocycles. The molecule has 0 spiro atoms. The first kappa shape index (κ1) is 33.7. The van der Waals surface area contributed by atoms with Crippen LogP contribution in [0.25, 0.3) is 0 Å². The van der Waals surface area contributed by atoms with Gasteiger partial charge in [-0.3, -0.25) is 9.35 Å². The van der Waals surface area contributed by atoms with E-state index in [1.165, 1.54) is 39.3 Å². The van der Waals surface area contributed by atoms with Crippen LogP contribution in [0.1, 0.15) is 6.92 Å². The van der Waals surface area contributed by atoms with Crippen LogP contribution < -0.4 is 44.0 Å². The Labute approximate surface area is 251 Å². The van der Waals surface area contributed by atoms with Crippen molar-refractivity contribution >= 4 is 53.3 Å². The van der Waals surface area contributed by atoms with E-state index in [9.17, 15) is 34.6 Å². The first-order valence-electron chi connectivity index (χ1n) is 10.5. The van der Waals surface area contributed by atoms with Gasteiger partial charge in [0.25, 0.3) is 5.91 Å². The molecular formula is C20H21N4NaO12S3. The number of benzene rings is 2. The number of nitrogens with zero attached hydrogens (tertiary/aromatic N) is 4. The number of hydrogen-bond acceptors (Lipinski definition) is 14. The van der Waals surface area contributed by atoms with Crippen molar-refractivity contribution < 1.29 is 82.4 Å². The Morgan fingerprint density at radius 2 is 1.62 bits per heavy atom. The van der Waals surface area contributed by atoms with Crippen LogP contribution in [0.15, 0.2) is 61.5 Å². The summed E-state index contributed by atoms with van der Waals surface area (Å²) in [6.07, 6.45) is 0. The van der Waals surface area contributed by atoms with Gasteiger partial charge in [-0.05, 0) is 31.2 Å². The summed E-state index contributed by atoms with van der Waals surface area (Å²) >= 11 is 0. The van der Waals surface area contributed by atoms with Crippen LogP contribution in [-0.2, 0) is 39.3 Å². The fourth-order valence-electron chi connectivity index (χ4n) is 3.28. The smallest absolute Gasteiger partial charge is 0.744 e. The van der Waals surface area contributed by atoms with E-state index in [4.69, 9.17) is 14.0 Å². The Hall–Kier alpha value is -2.49. The number of amides is 1. The van der Waals surface area contributed by atoms with Crippen molar-refractivity contribution in [2.24, 2.45) is 15.3 Å². The third-order valence-electron chi connectivity index (χ3n) is 5.13. The zero-order chi connectivity index (χ0) is 29.2. The van der Waals surface area contributed by atoms with Gasteiger partial charge in [0, 0.05) is 12.1 Å². The molecule has 1 aliphatic rings. The minimum Gasteiger partial charge on any atom is -0.744 e. The summed E-state index contributed by atoms with van der Waals surface area (Å²) in [6, 6.07) is 5.57. The summed E-state index contributed by atoms with van der Waals surface area (Å²) in [6.45, 7) is 0.641. The second-order valence-corrected chi connectivity index (χ2v) is 12.2. The van der Waals surface area contributed by atoms with Crippen LogP contribution in [-0.4, -0.2) is 78.6 Å². The van der Waals surface area contributed by atoms with E-state index in [0.717, 1.165) is 23.2 Å². The van der Waals surface area contributed by atoms with Gasteiger partial charge in [0.1, 0.15) is 32.2 Å². The molecule has 2 aromatic carbocycles. The van der Waals surface area contributed by atoms with E-state index in [1.54, 1.807) is 0 Å². The number of sulfone groups is 1. The molecule has 212 valence electrons. The monoisotopic (exact) mass is 628 g/mol. The van der Waals surface area contributed by atoms with Crippen LogP contribution in [0, 0.1) is 0 Å². The molecule has 2 aromatic rings. The molecule has 0 aromatic heterocycles. The Morgan fingerprint density at radius 3 is 2.15 bits per heavy atom. The first-order chi connectivity index (χ1) is 18.1. The number of rotatable bonds is 11. The summed E-state index contributed by atoms with van der Waals surface area (Å²) in [5.41, 5.74) is 0.385. The molecule has 1 amide bonds. The molecule has 20 heteroatoms. The zero-order valence-corrected chi connectivity index (χ0v) is 25.9. The third-order valence-corrected chi connectivity index (χ3v) is 8.14. The molecule has 3 rings (SSSR count). The molecule has 40 heavy (non-hydrogen) atoms. The van der Waals surface area contributed by atoms with Crippen molar-refractivity contribution in [1.82, 2.24) is 0 Å². The molecule has 1 atom stereocenters. The maximum absolute atomic E-state index is 12.9. The van der Waals surface area contributed by atoms with Gasteiger partial charge >= 0.3 is 40.0 Å². The van der Waals surface area contributed by atoms with Crippen molar-refractivity contribution in [2.75, 3.05) is 31.6 Å². The van der Waals surface area contributed by atoms with Gasteiger partial charge in [0.2, 0.25) is 0 Å². The number of hydrogen-bond donors (Lipinski definition) is 1. The summed E-state index contributed by atoms with van der Waals surface area (Å²) in [4.78, 5) is 12.1. The van der Waals surface area contributed by atoms with Crippen molar-refractivity contribution in [3.8, 4) is 11.5 Å². The van der Waals surface area contributed by atoms with Gasteiger partial charge in [-0.25, -0.2) is 21.0 Å². The average molecular weight is 629 g/mol. The summed E-state index contributed by atoms with van der Waals surface area (Å²) in [5, 5.41) is 13.1. The summed E-state index contributed by atoms with van der Waals surface area (Å²) in [5.74, 6) is -1.75. The molecule has 1 unspecified atom stereocenters. The topological polar surface area (TPSA) is 231 Å². The van der Waals surface area contributed by atoms with Gasteiger partial charge < -0.3 is 14.0 Å². The van der Waals surface area contributed by atoms with E-state index in [-0.39, 0.29) is 63.0 Å². The van der Waals surface area contributed by atoms with Crippen molar-refractivity contribution in [2.45, 2.75) is 22.8 Å². The predicted octanol–water partition coefficient (Wildman–Crippen LogP) is -1.92. The standard InChI is InChI=1S/C20H22N4O12S3.Na/c1-12-19(20(25)24(23-12)13-4-6-14(7-5-13)38(28,29)30)22-21-15-10-17(35-3)18(11-16(15)34-2)37(26,27)9-8-36-39(31,32)33;/h4-7,10-11,19H,8-9H2,1-3H3,(H,28,29,30)(H,31,32,33);/q;+1/p-1. The summed E-state index contributed by atoms with van der Waals surface area (Å²) in [7, 11) is -11.3. The molecule has 0 radical (unpaired) electrons. The number of anilines is 1. The molecule has 0 bridgehead atoms. The fraction of sp³-hybridized carbons (Fsp3) is 0.300. The molecule has 0 saturated heterocycles. The number of methoxy groups -OCH3 is 2. The average Bonchev–Trinajstić information content (AvgIpc) is 3.13. The quantitative estimate of drug-likeness (QED) is 0.163. The van der Waals surface area contributed by atoms with Crippen LogP contribution in [0.5, 0.6) is 11.5 Å². The largest absolute Gasteiger partial charge is 1.00 e. The van der Waals surface area contributed by atoms with Crippen LogP contribution in [0.3, 0.4) is 0 Å². The molecule has 1 aliphatic heterocycles. The summed E-state index contributed by atoms with van der Waals surface area (Å²) < 4.78 is 103. The second kappa shape index (κ2) is 13.0.